The molecule has 0 aromatic rings. The van der Waals surface area contributed by atoms with E-state index in [2.05, 4.69) is 17.6 Å². The summed E-state index contributed by atoms with van der Waals surface area (Å²) in [5, 5.41) is 7.92. The van der Waals surface area contributed by atoms with E-state index in [4.69, 9.17) is 0 Å². The summed E-state index contributed by atoms with van der Waals surface area (Å²) in [4.78, 5) is 0. The maximum Gasteiger partial charge on any atom is 0 e. The number of nitrogens with zero attached hydrogens (tertiary/aromatic N) is 1. The fraction of sp³-hybridized carbons (Fsp3) is 1.00. The second-order valence-electron chi connectivity index (χ2n) is 4.39. The first kappa shape index (κ1) is 15.6. The van der Waals surface area contributed by atoms with Gasteiger partial charge in [-0.25, -0.2) is 0 Å². The van der Waals surface area contributed by atoms with Crippen LogP contribution in [0.3, 0.4) is 0 Å². The van der Waals surface area contributed by atoms with Gasteiger partial charge in [-0.15, -0.1) is 13.1 Å². The van der Waals surface area contributed by atoms with Crippen molar-refractivity contribution in [3.63, 3.8) is 0 Å². The van der Waals surface area contributed by atoms with Gasteiger partial charge in [-0.3, -0.25) is 0 Å². The Hall–Kier alpha value is 0.582. The normalized spacial score (nSPS) is 28.6. The van der Waals surface area contributed by atoms with Gasteiger partial charge < -0.3 is 10.6 Å². The first-order chi connectivity index (χ1) is 6.83. The van der Waals surface area contributed by atoms with Crippen LogP contribution < -0.4 is 5.32 Å². The molecule has 15 heavy (non-hydrogen) atoms. The largest absolute Gasteiger partial charge is 0.662 e. The molecule has 2 aliphatic heterocycles. The quantitative estimate of drug-likeness (QED) is 0.684. The Labute approximate surface area is 109 Å². The summed E-state index contributed by atoms with van der Waals surface area (Å²) in [6.07, 6.45) is 4.06. The summed E-state index contributed by atoms with van der Waals surface area (Å²) in [7, 11) is 0. The van der Waals surface area contributed by atoms with E-state index in [9.17, 15) is 0 Å². The SMILES string of the molecule is CC.CC1CNCCC12CC[N-]CC2.[Re]. The average Bonchev–Trinajstić information content (AvgIpc) is 2.27. The van der Waals surface area contributed by atoms with Crippen LogP contribution in [0.1, 0.15) is 40.0 Å². The third-order valence-corrected chi connectivity index (χ3v) is 3.83. The average molecular weight is 384 g/mol. The molecular formula is C12H25N2Re-. The number of nitrogens with one attached hydrogen (secondary N) is 1. The van der Waals surface area contributed by atoms with Gasteiger partial charge >= 0.3 is 0 Å². The molecule has 1 spiro atoms. The molecule has 1 atom stereocenters. The molecule has 1 radical (unpaired) electrons. The van der Waals surface area contributed by atoms with Crippen molar-refractivity contribution in [2.24, 2.45) is 11.3 Å². The van der Waals surface area contributed by atoms with Crippen LogP contribution in [-0.2, 0) is 20.4 Å². The Kier molecular flexibility index (Phi) is 8.09. The van der Waals surface area contributed by atoms with Crippen molar-refractivity contribution in [1.82, 2.24) is 5.32 Å². The van der Waals surface area contributed by atoms with E-state index >= 15 is 0 Å². The molecule has 3 heteroatoms. The summed E-state index contributed by atoms with van der Waals surface area (Å²) < 4.78 is 0. The molecule has 0 saturated carbocycles. The van der Waals surface area contributed by atoms with Crippen LogP contribution in [-0.4, -0.2) is 26.2 Å². The molecule has 2 fully saturated rings. The predicted octanol–water partition coefficient (Wildman–Crippen LogP) is 2.79. The Morgan fingerprint density at radius 2 is 1.73 bits per heavy atom. The molecule has 1 unspecified atom stereocenters. The molecule has 0 aromatic carbocycles. The first-order valence-electron chi connectivity index (χ1n) is 6.17. The van der Waals surface area contributed by atoms with Crippen LogP contribution in [0.4, 0.5) is 0 Å². The summed E-state index contributed by atoms with van der Waals surface area (Å²) in [5.74, 6) is 0.863. The predicted molar refractivity (Wildman–Crippen MR) is 62.8 cm³/mol. The van der Waals surface area contributed by atoms with Gasteiger partial charge in [0.1, 0.15) is 0 Å². The van der Waals surface area contributed by atoms with Crippen molar-refractivity contribution in [1.29, 1.82) is 0 Å². The molecule has 0 aliphatic carbocycles. The van der Waals surface area contributed by atoms with Crippen molar-refractivity contribution in [3.8, 4) is 0 Å². The third-order valence-electron chi connectivity index (χ3n) is 3.83. The van der Waals surface area contributed by atoms with Gasteiger partial charge in [-0.05, 0) is 30.8 Å². The van der Waals surface area contributed by atoms with Gasteiger partial charge in [-0.1, -0.05) is 33.6 Å². The van der Waals surface area contributed by atoms with Crippen LogP contribution in [0.5, 0.6) is 0 Å². The summed E-state index contributed by atoms with van der Waals surface area (Å²) >= 11 is 0. The van der Waals surface area contributed by atoms with Crippen molar-refractivity contribution in [3.05, 3.63) is 5.32 Å². The molecule has 2 saturated heterocycles. The molecule has 0 amide bonds. The zero-order valence-electron chi connectivity index (χ0n) is 10.4. The van der Waals surface area contributed by atoms with Crippen LogP contribution >= 0.6 is 0 Å². The summed E-state index contributed by atoms with van der Waals surface area (Å²) in [6, 6.07) is 0. The van der Waals surface area contributed by atoms with Gasteiger partial charge in [0, 0.05) is 20.4 Å². The smallest absolute Gasteiger partial charge is 0 e. The fourth-order valence-electron chi connectivity index (χ4n) is 2.70. The van der Waals surface area contributed by atoms with Crippen LogP contribution in [0.2, 0.25) is 0 Å². The van der Waals surface area contributed by atoms with Gasteiger partial charge in [0.05, 0.1) is 0 Å². The molecule has 0 bridgehead atoms. The molecule has 0 aromatic heterocycles. The van der Waals surface area contributed by atoms with E-state index in [0.29, 0.717) is 5.41 Å². The van der Waals surface area contributed by atoms with Crippen molar-refractivity contribution < 1.29 is 20.4 Å². The van der Waals surface area contributed by atoms with E-state index in [1.54, 1.807) is 0 Å². The third kappa shape index (κ3) is 3.82. The zero-order valence-corrected chi connectivity index (χ0v) is 13.1. The van der Waals surface area contributed by atoms with Gasteiger partial charge in [0.15, 0.2) is 0 Å². The molecule has 1 N–H and O–H groups in total. The fourth-order valence-corrected chi connectivity index (χ4v) is 2.70. The van der Waals surface area contributed by atoms with Gasteiger partial charge in [0.2, 0.25) is 0 Å². The number of rotatable bonds is 0. The number of piperidine rings is 2. The molecular weight excluding hydrogens is 358 g/mol. The molecule has 91 valence electrons. The Morgan fingerprint density at radius 1 is 1.13 bits per heavy atom. The Balaban J connectivity index is 0.000000617. The Morgan fingerprint density at radius 3 is 2.27 bits per heavy atom. The summed E-state index contributed by atoms with van der Waals surface area (Å²) in [5.41, 5.74) is 0.660. The van der Waals surface area contributed by atoms with E-state index < -0.39 is 0 Å². The van der Waals surface area contributed by atoms with E-state index in [-0.39, 0.29) is 20.4 Å². The minimum atomic E-state index is 0. The Bertz CT molecular complexity index is 147. The van der Waals surface area contributed by atoms with E-state index in [1.165, 1.54) is 32.4 Å². The summed E-state index contributed by atoms with van der Waals surface area (Å²) in [6.45, 7) is 11.1. The molecule has 2 nitrogen and oxygen atoms in total. The number of hydrogen-bond donors (Lipinski definition) is 1. The maximum absolute atomic E-state index is 4.44. The topological polar surface area (TPSA) is 26.1 Å². The van der Waals surface area contributed by atoms with Gasteiger partial charge in [-0.2, -0.15) is 0 Å². The second-order valence-corrected chi connectivity index (χ2v) is 4.39. The van der Waals surface area contributed by atoms with E-state index in [1.807, 2.05) is 13.8 Å². The van der Waals surface area contributed by atoms with Crippen LogP contribution in [0.15, 0.2) is 0 Å². The first-order valence-corrected chi connectivity index (χ1v) is 6.17. The standard InChI is InChI=1S/C10H19N2.C2H6.Re/c1-9-8-12-7-4-10(9)2-5-11-6-3-10;1-2;/h9,12H,2-8H2,1H3;1-2H3;/q-1;;. The minimum absolute atomic E-state index is 0. The zero-order chi connectivity index (χ0) is 10.4. The van der Waals surface area contributed by atoms with E-state index in [0.717, 1.165) is 19.0 Å². The number of hydrogen-bond acceptors (Lipinski definition) is 1. The monoisotopic (exact) mass is 384 g/mol. The molecule has 2 heterocycles. The second kappa shape index (κ2) is 7.79. The minimum Gasteiger partial charge on any atom is -0.662 e. The van der Waals surface area contributed by atoms with Crippen LogP contribution in [0.25, 0.3) is 5.32 Å². The molecule has 2 rings (SSSR count). The van der Waals surface area contributed by atoms with Crippen molar-refractivity contribution in [2.45, 2.75) is 40.0 Å². The maximum atomic E-state index is 4.44. The van der Waals surface area contributed by atoms with Crippen molar-refractivity contribution >= 4 is 0 Å². The molecule has 2 aliphatic rings. The van der Waals surface area contributed by atoms with Crippen molar-refractivity contribution in [2.75, 3.05) is 26.2 Å². The van der Waals surface area contributed by atoms with Crippen LogP contribution in [0, 0.1) is 11.3 Å². The van der Waals surface area contributed by atoms with Gasteiger partial charge in [0.25, 0.3) is 0 Å².